The Balaban J connectivity index is 0.000000410. The van der Waals surface area contributed by atoms with Crippen molar-refractivity contribution < 1.29 is 9.84 Å². The minimum absolute atomic E-state index is 0.250. The van der Waals surface area contributed by atoms with E-state index in [4.69, 9.17) is 9.84 Å². The van der Waals surface area contributed by atoms with E-state index >= 15 is 0 Å². The molecule has 4 rings (SSSR count). The number of nitrogens with zero attached hydrogens (tertiary/aromatic N) is 2. The van der Waals surface area contributed by atoms with E-state index in [-0.39, 0.29) is 6.61 Å². The summed E-state index contributed by atoms with van der Waals surface area (Å²) in [7, 11) is 0. The lowest BCUT2D eigenvalue weighted by molar-refractivity contribution is 0.132. The molecule has 25 heavy (non-hydrogen) atoms. The average molecular weight is 365 g/mol. The SMILES string of the molecule is CC.CC1CCC(Oc2ncnc3sc4c(c23)CCC4)CC1.CCO. The van der Waals surface area contributed by atoms with Crippen LogP contribution in [0.3, 0.4) is 0 Å². The number of hydrogen-bond donors (Lipinski definition) is 1. The third-order valence-electron chi connectivity index (χ3n) is 4.71. The molecule has 1 N–H and O–H groups in total. The lowest BCUT2D eigenvalue weighted by atomic mass is 9.89. The fourth-order valence-corrected chi connectivity index (χ4v) is 4.71. The molecule has 1 saturated carbocycles. The number of fused-ring (bicyclic) bond motifs is 3. The maximum absolute atomic E-state index is 7.57. The maximum Gasteiger partial charge on any atom is 0.225 e. The molecule has 2 heterocycles. The Kier molecular flexibility index (Phi) is 8.10. The summed E-state index contributed by atoms with van der Waals surface area (Å²) >= 11 is 1.83. The van der Waals surface area contributed by atoms with E-state index in [0.717, 1.165) is 16.6 Å². The van der Waals surface area contributed by atoms with Crippen LogP contribution in [0.4, 0.5) is 0 Å². The van der Waals surface area contributed by atoms with Gasteiger partial charge in [-0.15, -0.1) is 11.3 Å². The molecule has 2 aromatic rings. The van der Waals surface area contributed by atoms with Crippen molar-refractivity contribution in [2.24, 2.45) is 5.92 Å². The average Bonchev–Trinajstić information content (AvgIpc) is 3.20. The number of aryl methyl sites for hydroxylation is 2. The van der Waals surface area contributed by atoms with Crippen molar-refractivity contribution in [1.29, 1.82) is 0 Å². The van der Waals surface area contributed by atoms with Crippen molar-refractivity contribution >= 4 is 21.6 Å². The monoisotopic (exact) mass is 364 g/mol. The summed E-state index contributed by atoms with van der Waals surface area (Å²) < 4.78 is 6.26. The Hall–Kier alpha value is -1.20. The van der Waals surface area contributed by atoms with E-state index in [1.807, 2.05) is 25.2 Å². The van der Waals surface area contributed by atoms with Gasteiger partial charge in [-0.25, -0.2) is 9.97 Å². The summed E-state index contributed by atoms with van der Waals surface area (Å²) in [5.74, 6) is 1.69. The third-order valence-corrected chi connectivity index (χ3v) is 5.91. The number of ether oxygens (including phenoxy) is 1. The van der Waals surface area contributed by atoms with Crippen LogP contribution in [-0.4, -0.2) is 27.8 Å². The highest BCUT2D eigenvalue weighted by Gasteiger charge is 2.25. The zero-order chi connectivity index (χ0) is 18.2. The second-order valence-corrected chi connectivity index (χ2v) is 7.62. The van der Waals surface area contributed by atoms with E-state index in [1.54, 1.807) is 13.3 Å². The van der Waals surface area contributed by atoms with Crippen LogP contribution in [0, 0.1) is 5.92 Å². The standard InChI is InChI=1S/C16H20N2OS.C2H6O.C2H6/c1-10-5-7-11(8-6-10)19-15-14-12-3-2-4-13(12)20-16(14)18-9-17-15;1-2-3;1-2/h9-11H,2-8H2,1H3;3H,2H2,1H3;1-2H3. The van der Waals surface area contributed by atoms with Crippen LogP contribution >= 0.6 is 11.3 Å². The minimum Gasteiger partial charge on any atom is -0.474 e. The lowest BCUT2D eigenvalue weighted by Gasteiger charge is -2.26. The Labute approximate surface area is 155 Å². The molecule has 140 valence electrons. The van der Waals surface area contributed by atoms with Gasteiger partial charge in [0.1, 0.15) is 17.3 Å². The zero-order valence-corrected chi connectivity index (χ0v) is 16.9. The summed E-state index contributed by atoms with van der Waals surface area (Å²) in [5.41, 5.74) is 1.46. The molecule has 2 aliphatic rings. The van der Waals surface area contributed by atoms with Gasteiger partial charge in [-0.3, -0.25) is 0 Å². The first-order chi connectivity index (χ1) is 12.2. The molecule has 0 bridgehead atoms. The molecule has 0 amide bonds. The molecule has 0 atom stereocenters. The number of aliphatic hydroxyl groups excluding tert-OH is 1. The summed E-state index contributed by atoms with van der Waals surface area (Å²) in [4.78, 5) is 11.5. The Morgan fingerprint density at radius 1 is 1.16 bits per heavy atom. The van der Waals surface area contributed by atoms with E-state index in [2.05, 4.69) is 16.9 Å². The highest BCUT2D eigenvalue weighted by atomic mass is 32.1. The van der Waals surface area contributed by atoms with Crippen LogP contribution in [0.1, 0.15) is 70.2 Å². The number of hydrogen-bond acceptors (Lipinski definition) is 5. The van der Waals surface area contributed by atoms with Gasteiger partial charge in [-0.05, 0) is 63.4 Å². The highest BCUT2D eigenvalue weighted by Crippen LogP contribution is 2.40. The second-order valence-electron chi connectivity index (χ2n) is 6.53. The van der Waals surface area contributed by atoms with E-state index in [9.17, 15) is 0 Å². The number of aromatic nitrogens is 2. The van der Waals surface area contributed by atoms with Crippen LogP contribution in [0.25, 0.3) is 10.2 Å². The molecular weight excluding hydrogens is 332 g/mol. The molecule has 5 heteroatoms. The second kappa shape index (κ2) is 10.1. The molecule has 2 aromatic heterocycles. The van der Waals surface area contributed by atoms with Crippen molar-refractivity contribution in [3.05, 3.63) is 16.8 Å². The van der Waals surface area contributed by atoms with Gasteiger partial charge in [0.2, 0.25) is 5.88 Å². The molecule has 0 unspecified atom stereocenters. The van der Waals surface area contributed by atoms with Crippen LogP contribution in [0.5, 0.6) is 5.88 Å². The van der Waals surface area contributed by atoms with Crippen molar-refractivity contribution in [2.75, 3.05) is 6.61 Å². The van der Waals surface area contributed by atoms with Gasteiger partial charge in [0.05, 0.1) is 5.39 Å². The van der Waals surface area contributed by atoms with Gasteiger partial charge < -0.3 is 9.84 Å². The van der Waals surface area contributed by atoms with Gasteiger partial charge in [-0.1, -0.05) is 20.8 Å². The number of rotatable bonds is 2. The van der Waals surface area contributed by atoms with E-state index < -0.39 is 0 Å². The summed E-state index contributed by atoms with van der Waals surface area (Å²) in [6.07, 6.45) is 10.5. The molecule has 0 radical (unpaired) electrons. The van der Waals surface area contributed by atoms with Crippen LogP contribution in [0.2, 0.25) is 0 Å². The van der Waals surface area contributed by atoms with E-state index in [0.29, 0.717) is 6.10 Å². The molecular formula is C20H32N2O2S. The van der Waals surface area contributed by atoms with Crippen molar-refractivity contribution in [1.82, 2.24) is 9.97 Å². The van der Waals surface area contributed by atoms with Gasteiger partial charge in [-0.2, -0.15) is 0 Å². The Morgan fingerprint density at radius 2 is 1.84 bits per heavy atom. The molecule has 0 saturated heterocycles. The fourth-order valence-electron chi connectivity index (χ4n) is 3.49. The van der Waals surface area contributed by atoms with E-state index in [1.165, 1.54) is 60.8 Å². The Morgan fingerprint density at radius 3 is 2.52 bits per heavy atom. The van der Waals surface area contributed by atoms with Gasteiger partial charge >= 0.3 is 0 Å². The summed E-state index contributed by atoms with van der Waals surface area (Å²) in [5, 5.41) is 8.78. The highest BCUT2D eigenvalue weighted by molar-refractivity contribution is 7.18. The van der Waals surface area contributed by atoms with Gasteiger partial charge in [0.15, 0.2) is 0 Å². The number of thiophene rings is 1. The molecule has 4 nitrogen and oxygen atoms in total. The summed E-state index contributed by atoms with van der Waals surface area (Å²) in [6.45, 7) is 8.27. The first-order valence-corrected chi connectivity index (χ1v) is 10.6. The predicted molar refractivity (Wildman–Crippen MR) is 106 cm³/mol. The smallest absolute Gasteiger partial charge is 0.225 e. The third kappa shape index (κ3) is 4.91. The molecule has 1 fully saturated rings. The summed E-state index contributed by atoms with van der Waals surface area (Å²) in [6, 6.07) is 0. The fraction of sp³-hybridized carbons (Fsp3) is 0.700. The molecule has 0 aliphatic heterocycles. The molecule has 0 spiro atoms. The van der Waals surface area contributed by atoms with Crippen molar-refractivity contribution in [3.8, 4) is 5.88 Å². The Bertz CT molecular complexity index is 648. The molecule has 0 aromatic carbocycles. The van der Waals surface area contributed by atoms with Crippen LogP contribution in [-0.2, 0) is 12.8 Å². The van der Waals surface area contributed by atoms with Gasteiger partial charge in [0, 0.05) is 11.5 Å². The van der Waals surface area contributed by atoms with Crippen molar-refractivity contribution in [2.45, 2.75) is 78.7 Å². The first-order valence-electron chi connectivity index (χ1n) is 9.75. The zero-order valence-electron chi connectivity index (χ0n) is 16.0. The van der Waals surface area contributed by atoms with Crippen molar-refractivity contribution in [3.63, 3.8) is 0 Å². The lowest BCUT2D eigenvalue weighted by Crippen LogP contribution is -2.23. The van der Waals surface area contributed by atoms with Gasteiger partial charge in [0.25, 0.3) is 0 Å². The maximum atomic E-state index is 7.57. The van der Waals surface area contributed by atoms with Crippen LogP contribution in [0.15, 0.2) is 6.33 Å². The number of aliphatic hydroxyl groups is 1. The predicted octanol–water partition coefficient (Wildman–Crippen LogP) is 5.16. The first kappa shape index (κ1) is 20.1. The van der Waals surface area contributed by atoms with Crippen LogP contribution < -0.4 is 4.74 Å². The topological polar surface area (TPSA) is 55.2 Å². The largest absolute Gasteiger partial charge is 0.474 e. The quantitative estimate of drug-likeness (QED) is 0.799. The molecule has 2 aliphatic carbocycles. The minimum atomic E-state index is 0.250. The normalized spacial score (nSPS) is 21.6.